The van der Waals surface area contributed by atoms with Gasteiger partial charge in [-0.25, -0.2) is 9.37 Å². The number of benzene rings is 3. The number of aliphatic hydroxyl groups excluding tert-OH is 1. The lowest BCUT2D eigenvalue weighted by molar-refractivity contribution is -0.117. The first kappa shape index (κ1) is 23.1. The van der Waals surface area contributed by atoms with Gasteiger partial charge in [0.05, 0.1) is 17.6 Å². The van der Waals surface area contributed by atoms with E-state index in [0.717, 1.165) is 33.7 Å². The van der Waals surface area contributed by atoms with Crippen molar-refractivity contribution in [2.24, 2.45) is 0 Å². The molecular weight excluding hydrogens is 445 g/mol. The number of ether oxygens (including phenoxy) is 1. The lowest BCUT2D eigenvalue weighted by Crippen LogP contribution is -2.26. The third-order valence-corrected chi connectivity index (χ3v) is 6.47. The second kappa shape index (κ2) is 9.50. The van der Waals surface area contributed by atoms with Gasteiger partial charge < -0.3 is 19.3 Å². The van der Waals surface area contributed by atoms with E-state index in [1.165, 1.54) is 12.1 Å². The fourth-order valence-corrected chi connectivity index (χ4v) is 4.76. The van der Waals surface area contributed by atoms with Crippen LogP contribution in [0.5, 0.6) is 5.75 Å². The molecule has 4 aromatic rings. The number of nitrogens with zero attached hydrogens (tertiary/aromatic N) is 3. The predicted octanol–water partition coefficient (Wildman–Crippen LogP) is 4.75. The Kier molecular flexibility index (Phi) is 6.26. The molecule has 0 radical (unpaired) electrons. The van der Waals surface area contributed by atoms with E-state index < -0.39 is 6.10 Å². The summed E-state index contributed by atoms with van der Waals surface area (Å²) in [4.78, 5) is 19.3. The molecule has 2 atom stereocenters. The first-order valence-electron chi connectivity index (χ1n) is 11.8. The van der Waals surface area contributed by atoms with Crippen molar-refractivity contribution < 1.29 is 19.0 Å². The van der Waals surface area contributed by atoms with Crippen molar-refractivity contribution in [1.82, 2.24) is 9.55 Å². The molecule has 0 aliphatic carbocycles. The number of aryl methyl sites for hydroxylation is 2. The molecule has 1 saturated heterocycles. The van der Waals surface area contributed by atoms with Gasteiger partial charge in [0, 0.05) is 24.6 Å². The summed E-state index contributed by atoms with van der Waals surface area (Å²) in [6.07, 6.45) is -0.465. The fourth-order valence-electron chi connectivity index (χ4n) is 4.76. The molecule has 1 aliphatic heterocycles. The van der Waals surface area contributed by atoms with Crippen molar-refractivity contribution in [2.45, 2.75) is 38.8 Å². The van der Waals surface area contributed by atoms with Crippen molar-refractivity contribution in [3.8, 4) is 5.75 Å². The molecule has 1 aromatic heterocycles. The highest BCUT2D eigenvalue weighted by molar-refractivity contribution is 5.96. The van der Waals surface area contributed by atoms with Gasteiger partial charge in [-0.1, -0.05) is 29.8 Å². The largest absolute Gasteiger partial charge is 0.491 e. The van der Waals surface area contributed by atoms with Crippen LogP contribution >= 0.6 is 0 Å². The van der Waals surface area contributed by atoms with Crippen molar-refractivity contribution in [2.75, 3.05) is 18.1 Å². The molecule has 6 nitrogen and oxygen atoms in total. The summed E-state index contributed by atoms with van der Waals surface area (Å²) in [7, 11) is 0. The highest BCUT2D eigenvalue weighted by atomic mass is 19.1. The highest BCUT2D eigenvalue weighted by Gasteiger charge is 2.35. The number of carbonyl (C=O) groups excluding carboxylic acids is 1. The van der Waals surface area contributed by atoms with Crippen molar-refractivity contribution in [3.05, 3.63) is 89.5 Å². The molecule has 0 bridgehead atoms. The number of rotatable bonds is 7. The standard InChI is InChI=1S/C28H28FN3O3/c1-18-7-12-26(19(2)13-18)35-17-23(33)16-32-25-6-4-3-5-24(25)30-28(32)20-14-27(34)31(15-20)22-10-8-21(29)9-11-22/h3-13,20,23,33H,14-17H2,1-2H3. The first-order valence-corrected chi connectivity index (χ1v) is 11.8. The number of fused-ring (bicyclic) bond motifs is 1. The first-order chi connectivity index (χ1) is 16.9. The molecule has 0 saturated carbocycles. The van der Waals surface area contributed by atoms with Crippen LogP contribution in [-0.4, -0.2) is 39.8 Å². The normalized spacial score (nSPS) is 16.7. The van der Waals surface area contributed by atoms with E-state index in [9.17, 15) is 14.3 Å². The molecule has 0 spiro atoms. The number of imidazole rings is 1. The monoisotopic (exact) mass is 473 g/mol. The maximum absolute atomic E-state index is 13.4. The second-order valence-corrected chi connectivity index (χ2v) is 9.18. The number of aromatic nitrogens is 2. The summed E-state index contributed by atoms with van der Waals surface area (Å²) in [5, 5.41) is 10.9. The van der Waals surface area contributed by atoms with Gasteiger partial charge in [0.25, 0.3) is 0 Å². The number of aliphatic hydroxyl groups is 1. The van der Waals surface area contributed by atoms with Crippen molar-refractivity contribution in [3.63, 3.8) is 0 Å². The van der Waals surface area contributed by atoms with Crippen molar-refractivity contribution in [1.29, 1.82) is 0 Å². The van der Waals surface area contributed by atoms with E-state index >= 15 is 0 Å². The minimum atomic E-state index is -0.766. The minimum Gasteiger partial charge on any atom is -0.491 e. The van der Waals surface area contributed by atoms with Crippen LogP contribution in [0.2, 0.25) is 0 Å². The van der Waals surface area contributed by atoms with Gasteiger partial charge in [0.1, 0.15) is 30.1 Å². The van der Waals surface area contributed by atoms with Crippen LogP contribution in [0.3, 0.4) is 0 Å². The molecule has 180 valence electrons. The molecule has 1 aliphatic rings. The zero-order valence-corrected chi connectivity index (χ0v) is 19.8. The molecule has 7 heteroatoms. The SMILES string of the molecule is Cc1ccc(OCC(O)Cn2c(C3CC(=O)N(c4ccc(F)cc4)C3)nc3ccccc32)c(C)c1. The minimum absolute atomic E-state index is 0.0288. The third-order valence-electron chi connectivity index (χ3n) is 6.47. The molecule has 1 amide bonds. The van der Waals surface area contributed by atoms with E-state index in [0.29, 0.717) is 25.2 Å². The fraction of sp³-hybridized carbons (Fsp3) is 0.286. The predicted molar refractivity (Wildman–Crippen MR) is 133 cm³/mol. The van der Waals surface area contributed by atoms with Crippen LogP contribution in [0.25, 0.3) is 11.0 Å². The summed E-state index contributed by atoms with van der Waals surface area (Å²) in [5.74, 6) is 0.999. The Morgan fingerprint density at radius 1 is 1.11 bits per heavy atom. The Morgan fingerprint density at radius 3 is 2.66 bits per heavy atom. The van der Waals surface area contributed by atoms with Gasteiger partial charge in [-0.15, -0.1) is 0 Å². The van der Waals surface area contributed by atoms with Gasteiger partial charge in [0.15, 0.2) is 0 Å². The average molecular weight is 474 g/mol. The smallest absolute Gasteiger partial charge is 0.227 e. The molecule has 1 fully saturated rings. The van der Waals surface area contributed by atoms with Crippen LogP contribution in [0.4, 0.5) is 10.1 Å². The van der Waals surface area contributed by atoms with Crippen LogP contribution in [0.1, 0.15) is 29.3 Å². The van der Waals surface area contributed by atoms with Gasteiger partial charge >= 0.3 is 0 Å². The van der Waals surface area contributed by atoms with Crippen molar-refractivity contribution >= 4 is 22.6 Å². The summed E-state index contributed by atoms with van der Waals surface area (Å²) >= 11 is 0. The Morgan fingerprint density at radius 2 is 1.89 bits per heavy atom. The van der Waals surface area contributed by atoms with Gasteiger partial charge in [-0.05, 0) is 61.9 Å². The van der Waals surface area contributed by atoms with Crippen LogP contribution < -0.4 is 9.64 Å². The van der Waals surface area contributed by atoms with Gasteiger partial charge in [-0.3, -0.25) is 4.79 Å². The highest BCUT2D eigenvalue weighted by Crippen LogP contribution is 2.33. The zero-order chi connectivity index (χ0) is 24.5. The maximum atomic E-state index is 13.4. The van der Waals surface area contributed by atoms with E-state index in [1.54, 1.807) is 17.0 Å². The van der Waals surface area contributed by atoms with E-state index in [4.69, 9.17) is 9.72 Å². The Hall–Kier alpha value is -3.71. The molecule has 2 unspecified atom stereocenters. The number of amides is 1. The Balaban J connectivity index is 1.37. The number of halogens is 1. The zero-order valence-electron chi connectivity index (χ0n) is 19.8. The maximum Gasteiger partial charge on any atom is 0.227 e. The molecule has 1 N–H and O–H groups in total. The second-order valence-electron chi connectivity index (χ2n) is 9.18. The third kappa shape index (κ3) is 4.77. The summed E-state index contributed by atoms with van der Waals surface area (Å²) in [6.45, 7) is 4.90. The lowest BCUT2D eigenvalue weighted by atomic mass is 10.1. The van der Waals surface area contributed by atoms with E-state index in [-0.39, 0.29) is 24.2 Å². The Labute approximate surface area is 203 Å². The molecular formula is C28H28FN3O3. The molecule has 3 aromatic carbocycles. The van der Waals surface area contributed by atoms with E-state index in [2.05, 4.69) is 0 Å². The molecule has 2 heterocycles. The Bertz CT molecular complexity index is 1370. The van der Waals surface area contributed by atoms with Crippen LogP contribution in [-0.2, 0) is 11.3 Å². The quantitative estimate of drug-likeness (QED) is 0.421. The van der Waals surface area contributed by atoms with Crippen LogP contribution in [0, 0.1) is 19.7 Å². The van der Waals surface area contributed by atoms with Gasteiger partial charge in [0.2, 0.25) is 5.91 Å². The van der Waals surface area contributed by atoms with Crippen LogP contribution in [0.15, 0.2) is 66.7 Å². The lowest BCUT2D eigenvalue weighted by Gasteiger charge is -2.19. The summed E-state index contributed by atoms with van der Waals surface area (Å²) in [6, 6.07) is 19.7. The van der Waals surface area contributed by atoms with E-state index in [1.807, 2.05) is 60.9 Å². The average Bonchev–Trinajstić information content (AvgIpc) is 3.40. The number of anilines is 1. The van der Waals surface area contributed by atoms with Gasteiger partial charge in [-0.2, -0.15) is 0 Å². The summed E-state index contributed by atoms with van der Waals surface area (Å²) < 4.78 is 21.3. The molecule has 35 heavy (non-hydrogen) atoms. The molecule has 5 rings (SSSR count). The number of hydrogen-bond acceptors (Lipinski definition) is 4. The topological polar surface area (TPSA) is 67.6 Å². The summed E-state index contributed by atoms with van der Waals surface area (Å²) in [5.41, 5.74) is 4.57. The number of hydrogen-bond donors (Lipinski definition) is 1. The number of carbonyl (C=O) groups is 1. The number of para-hydroxylation sites is 2.